The molecule has 2 aliphatic heterocycles. The van der Waals surface area contributed by atoms with Gasteiger partial charge in [0.1, 0.15) is 24.0 Å². The zero-order chi connectivity index (χ0) is 22.6. The molecule has 2 saturated heterocycles. The van der Waals surface area contributed by atoms with Gasteiger partial charge in [-0.2, -0.15) is 0 Å². The van der Waals surface area contributed by atoms with Crippen LogP contribution in [0.5, 0.6) is 0 Å². The summed E-state index contributed by atoms with van der Waals surface area (Å²) in [4.78, 5) is 25.7. The summed E-state index contributed by atoms with van der Waals surface area (Å²) in [6.45, 7) is 7.86. The van der Waals surface area contributed by atoms with Gasteiger partial charge >= 0.3 is 12.8 Å². The summed E-state index contributed by atoms with van der Waals surface area (Å²) in [6, 6.07) is 1.19. The van der Waals surface area contributed by atoms with E-state index < -0.39 is 54.1 Å². The average molecular weight is 435 g/mol. The van der Waals surface area contributed by atoms with Crippen LogP contribution in [0.4, 0.5) is 0 Å². The van der Waals surface area contributed by atoms with Crippen molar-refractivity contribution in [2.24, 2.45) is 0 Å². The van der Waals surface area contributed by atoms with E-state index in [-0.39, 0.29) is 0 Å². The molecule has 0 spiro atoms. The lowest BCUT2D eigenvalue weighted by Gasteiger charge is -2.32. The summed E-state index contributed by atoms with van der Waals surface area (Å²) in [5, 5.41) is 18.9. The number of aromatic nitrogens is 5. The molecule has 4 atom stereocenters. The normalized spacial score (nSPS) is 29.5. The predicted molar refractivity (Wildman–Crippen MR) is 107 cm³/mol. The first-order valence-electron chi connectivity index (χ1n) is 9.96. The van der Waals surface area contributed by atoms with E-state index in [0.717, 1.165) is 4.57 Å². The van der Waals surface area contributed by atoms with E-state index in [4.69, 9.17) is 18.8 Å². The first-order valence-corrected chi connectivity index (χ1v) is 9.96. The Hall–Kier alpha value is -2.32. The number of aliphatic hydroxyl groups excluding tert-OH is 1. The Balaban J connectivity index is 1.52. The lowest BCUT2D eigenvalue weighted by Crippen LogP contribution is -2.41. The fourth-order valence-electron chi connectivity index (χ4n) is 3.73. The molecule has 0 bridgehead atoms. The van der Waals surface area contributed by atoms with Crippen molar-refractivity contribution >= 4 is 7.12 Å². The van der Waals surface area contributed by atoms with Crippen molar-refractivity contribution in [3.8, 4) is 0 Å². The van der Waals surface area contributed by atoms with Crippen molar-refractivity contribution in [2.75, 3.05) is 7.11 Å². The molecular weight excluding hydrogens is 409 g/mol. The third-order valence-electron chi connectivity index (χ3n) is 6.10. The molecule has 31 heavy (non-hydrogen) atoms. The molecule has 0 amide bonds. The third kappa shape index (κ3) is 3.87. The van der Waals surface area contributed by atoms with Crippen LogP contribution < -0.4 is 11.2 Å². The third-order valence-corrected chi connectivity index (χ3v) is 6.10. The van der Waals surface area contributed by atoms with E-state index >= 15 is 0 Å². The van der Waals surface area contributed by atoms with Gasteiger partial charge in [-0.05, 0) is 27.7 Å². The minimum Gasteiger partial charge on any atom is -0.402 e. The lowest BCUT2D eigenvalue weighted by atomic mass is 9.90. The highest BCUT2D eigenvalue weighted by Gasteiger charge is 2.51. The van der Waals surface area contributed by atoms with Crippen LogP contribution in [0.1, 0.15) is 45.7 Å². The largest absolute Gasteiger partial charge is 0.480 e. The van der Waals surface area contributed by atoms with Crippen LogP contribution in [0.15, 0.2) is 28.0 Å². The highest BCUT2D eigenvalue weighted by Crippen LogP contribution is 2.39. The van der Waals surface area contributed by atoms with Crippen molar-refractivity contribution in [3.63, 3.8) is 0 Å². The van der Waals surface area contributed by atoms with Crippen LogP contribution in [0.2, 0.25) is 0 Å². The van der Waals surface area contributed by atoms with E-state index in [1.165, 1.54) is 19.4 Å². The van der Waals surface area contributed by atoms with Gasteiger partial charge in [-0.25, -0.2) is 4.79 Å². The maximum atomic E-state index is 12.2. The van der Waals surface area contributed by atoms with E-state index in [2.05, 4.69) is 15.3 Å². The van der Waals surface area contributed by atoms with Crippen molar-refractivity contribution in [3.05, 3.63) is 45.0 Å². The standard InChI is InChI=1S/C18H26BN5O7/c1-17(2)18(3,4)31-19(30-17)9-23-8-10(21-22-23)13-12(26)14(28-5)15(29-13)24-7-6-11(25)20-16(24)27/h6-8,12-15,26H,9H2,1-5H3,(H,20,25,27). The van der Waals surface area contributed by atoms with E-state index in [9.17, 15) is 14.7 Å². The second-order valence-corrected chi connectivity index (χ2v) is 8.71. The number of aliphatic hydroxyl groups is 1. The number of nitrogens with one attached hydrogen (secondary N) is 1. The highest BCUT2D eigenvalue weighted by molar-refractivity contribution is 6.44. The van der Waals surface area contributed by atoms with Crippen LogP contribution in [0, 0.1) is 0 Å². The van der Waals surface area contributed by atoms with E-state index in [1.54, 1.807) is 10.9 Å². The molecule has 168 valence electrons. The van der Waals surface area contributed by atoms with Crippen LogP contribution >= 0.6 is 0 Å². The molecule has 2 aliphatic rings. The Morgan fingerprint density at radius 1 is 1.26 bits per heavy atom. The van der Waals surface area contributed by atoms with Gasteiger partial charge in [-0.15, -0.1) is 5.10 Å². The van der Waals surface area contributed by atoms with Crippen LogP contribution in [-0.2, 0) is 25.2 Å². The quantitative estimate of drug-likeness (QED) is 0.589. The SMILES string of the molecule is COC1C(O)C(c2cn(CB3OC(C)(C)C(C)(C)O3)nn2)OC1n1ccc(=O)[nH]c1=O. The fourth-order valence-corrected chi connectivity index (χ4v) is 3.73. The topological polar surface area (TPSA) is 143 Å². The lowest BCUT2D eigenvalue weighted by molar-refractivity contribution is -0.0551. The number of hydrogen-bond acceptors (Lipinski definition) is 9. The Labute approximate surface area is 178 Å². The van der Waals surface area contributed by atoms with E-state index in [0.29, 0.717) is 12.1 Å². The molecule has 0 aromatic carbocycles. The number of hydrogen-bond donors (Lipinski definition) is 2. The van der Waals surface area contributed by atoms with Crippen molar-refractivity contribution in [1.82, 2.24) is 24.5 Å². The molecule has 12 nitrogen and oxygen atoms in total. The molecular formula is C18H26BN5O7. The highest BCUT2D eigenvalue weighted by atomic mass is 16.7. The Morgan fingerprint density at radius 2 is 1.94 bits per heavy atom. The Morgan fingerprint density at radius 3 is 2.55 bits per heavy atom. The average Bonchev–Trinajstić information content (AvgIpc) is 3.30. The van der Waals surface area contributed by atoms with Crippen molar-refractivity contribution in [2.45, 2.75) is 69.9 Å². The number of nitrogens with zero attached hydrogens (tertiary/aromatic N) is 4. The van der Waals surface area contributed by atoms with Gasteiger partial charge < -0.3 is 23.9 Å². The summed E-state index contributed by atoms with van der Waals surface area (Å²) in [7, 11) is 0.895. The van der Waals surface area contributed by atoms with Gasteiger partial charge in [0.15, 0.2) is 6.23 Å². The molecule has 13 heteroatoms. The Kier molecular flexibility index (Phi) is 5.42. The first-order chi connectivity index (χ1) is 14.5. The molecule has 0 radical (unpaired) electrons. The zero-order valence-corrected chi connectivity index (χ0v) is 18.0. The van der Waals surface area contributed by atoms with Crippen molar-refractivity contribution < 1.29 is 23.9 Å². The molecule has 4 unspecified atom stereocenters. The van der Waals surface area contributed by atoms with Gasteiger partial charge in [-0.3, -0.25) is 19.0 Å². The molecule has 2 N–H and O–H groups in total. The van der Waals surface area contributed by atoms with E-state index in [1.807, 2.05) is 27.7 Å². The molecule has 2 aromatic rings. The number of ether oxygens (including phenoxy) is 2. The number of methoxy groups -OCH3 is 1. The molecule has 0 saturated carbocycles. The number of rotatable bonds is 5. The molecule has 2 aromatic heterocycles. The Bertz CT molecular complexity index is 1050. The molecule has 2 fully saturated rings. The summed E-state index contributed by atoms with van der Waals surface area (Å²) >= 11 is 0. The van der Waals surface area contributed by atoms with Gasteiger partial charge in [0.05, 0.1) is 23.8 Å². The monoisotopic (exact) mass is 435 g/mol. The second kappa shape index (κ2) is 7.67. The van der Waals surface area contributed by atoms with Crippen LogP contribution in [-0.4, -0.2) is 67.3 Å². The van der Waals surface area contributed by atoms with Crippen LogP contribution in [0.3, 0.4) is 0 Å². The predicted octanol–water partition coefficient (Wildman–Crippen LogP) is -0.594. The fraction of sp³-hybridized carbons (Fsp3) is 0.667. The minimum atomic E-state index is -1.11. The number of H-pyrrole nitrogens is 1. The molecule has 4 heterocycles. The van der Waals surface area contributed by atoms with Gasteiger partial charge in [0, 0.05) is 19.4 Å². The smallest absolute Gasteiger partial charge is 0.402 e. The summed E-state index contributed by atoms with van der Waals surface area (Å²) in [5.41, 5.74) is -1.76. The van der Waals surface area contributed by atoms with Crippen LogP contribution in [0.25, 0.3) is 0 Å². The van der Waals surface area contributed by atoms with Gasteiger partial charge in [0.2, 0.25) is 0 Å². The number of aromatic amines is 1. The van der Waals surface area contributed by atoms with Gasteiger partial charge in [0.25, 0.3) is 5.56 Å². The second-order valence-electron chi connectivity index (χ2n) is 8.71. The maximum absolute atomic E-state index is 12.2. The molecule has 0 aliphatic carbocycles. The molecule has 4 rings (SSSR count). The maximum Gasteiger partial charge on any atom is 0.480 e. The summed E-state index contributed by atoms with van der Waals surface area (Å²) < 4.78 is 25.9. The van der Waals surface area contributed by atoms with Gasteiger partial charge in [-0.1, -0.05) is 5.21 Å². The zero-order valence-electron chi connectivity index (χ0n) is 18.0. The minimum absolute atomic E-state index is 0.305. The summed E-state index contributed by atoms with van der Waals surface area (Å²) in [5.74, 6) is 0. The van der Waals surface area contributed by atoms with Crippen molar-refractivity contribution in [1.29, 1.82) is 0 Å². The first kappa shape index (κ1) is 21.9. The summed E-state index contributed by atoms with van der Waals surface area (Å²) in [6.07, 6.45) is -0.591.